The van der Waals surface area contributed by atoms with E-state index in [1.165, 1.54) is 0 Å². The van der Waals surface area contributed by atoms with Gasteiger partial charge in [-0.05, 0) is 25.5 Å². The van der Waals surface area contributed by atoms with Crippen molar-refractivity contribution in [3.63, 3.8) is 0 Å². The molecule has 0 saturated carbocycles. The fourth-order valence-corrected chi connectivity index (χ4v) is 3.30. The molecule has 7 nitrogen and oxygen atoms in total. The Morgan fingerprint density at radius 2 is 2.12 bits per heavy atom. The lowest BCUT2D eigenvalue weighted by molar-refractivity contribution is -0.135. The molecule has 1 aromatic carbocycles. The van der Waals surface area contributed by atoms with Crippen LogP contribution in [0.5, 0.6) is 5.75 Å². The van der Waals surface area contributed by atoms with Crippen molar-refractivity contribution in [1.29, 1.82) is 0 Å². The first-order valence-electron chi connectivity index (χ1n) is 8.64. The van der Waals surface area contributed by atoms with Gasteiger partial charge in [0, 0.05) is 25.9 Å². The van der Waals surface area contributed by atoms with E-state index in [0.717, 1.165) is 0 Å². The molecule has 1 saturated heterocycles. The number of likely N-dealkylation sites (tertiary alicyclic amines) is 1. The molecule has 3 amide bonds. The van der Waals surface area contributed by atoms with E-state index in [9.17, 15) is 14.4 Å². The Morgan fingerprint density at radius 3 is 2.92 bits per heavy atom. The van der Waals surface area contributed by atoms with E-state index in [4.69, 9.17) is 4.74 Å². The summed E-state index contributed by atoms with van der Waals surface area (Å²) in [5, 5.41) is 5.62. The van der Waals surface area contributed by atoms with E-state index in [-0.39, 0.29) is 30.7 Å². The molecule has 0 aliphatic carbocycles. The summed E-state index contributed by atoms with van der Waals surface area (Å²) >= 11 is 0. The van der Waals surface area contributed by atoms with Gasteiger partial charge in [0.2, 0.25) is 11.8 Å². The number of hydrogen-bond acceptors (Lipinski definition) is 4. The predicted molar refractivity (Wildman–Crippen MR) is 91.2 cm³/mol. The van der Waals surface area contributed by atoms with Crippen molar-refractivity contribution in [3.8, 4) is 5.75 Å². The summed E-state index contributed by atoms with van der Waals surface area (Å²) in [5.74, 6) is 0.159. The van der Waals surface area contributed by atoms with Crippen LogP contribution in [0, 0.1) is 0 Å². The highest BCUT2D eigenvalue weighted by Gasteiger charge is 2.40. The summed E-state index contributed by atoms with van der Waals surface area (Å²) in [4.78, 5) is 38.0. The number of rotatable bonds is 3. The predicted octanol–water partition coefficient (Wildman–Crippen LogP) is 0.696. The monoisotopic (exact) mass is 345 g/mol. The maximum atomic E-state index is 12.4. The summed E-state index contributed by atoms with van der Waals surface area (Å²) in [5.41, 5.74) is -0.123. The van der Waals surface area contributed by atoms with Crippen molar-refractivity contribution < 1.29 is 19.1 Å². The van der Waals surface area contributed by atoms with Crippen LogP contribution in [-0.2, 0) is 9.59 Å². The first-order chi connectivity index (χ1) is 12.0. The zero-order valence-electron chi connectivity index (χ0n) is 14.3. The molecular weight excluding hydrogens is 322 g/mol. The Balaban J connectivity index is 1.76. The minimum atomic E-state index is -0.631. The van der Waals surface area contributed by atoms with Gasteiger partial charge in [-0.1, -0.05) is 12.1 Å². The number of carbonyl (C=O) groups is 3. The van der Waals surface area contributed by atoms with Gasteiger partial charge in [-0.25, -0.2) is 0 Å². The number of hydrogen-bond donors (Lipinski definition) is 2. The van der Waals surface area contributed by atoms with Gasteiger partial charge in [-0.2, -0.15) is 0 Å². The van der Waals surface area contributed by atoms with Crippen LogP contribution >= 0.6 is 0 Å². The molecule has 3 rings (SSSR count). The highest BCUT2D eigenvalue weighted by atomic mass is 16.5. The smallest absolute Gasteiger partial charge is 0.255 e. The van der Waals surface area contributed by atoms with Crippen molar-refractivity contribution >= 4 is 17.7 Å². The molecule has 1 aromatic rings. The third kappa shape index (κ3) is 3.75. The number of fused-ring (bicyclic) bond motifs is 1. The Labute approximate surface area is 146 Å². The van der Waals surface area contributed by atoms with Crippen molar-refractivity contribution in [2.75, 3.05) is 26.2 Å². The normalized spacial score (nSPS) is 23.2. The maximum absolute atomic E-state index is 12.4. The van der Waals surface area contributed by atoms with Crippen LogP contribution in [0.4, 0.5) is 0 Å². The number of likely N-dealkylation sites (N-methyl/N-ethyl adjacent to an activating group) is 1. The molecule has 25 heavy (non-hydrogen) atoms. The van der Waals surface area contributed by atoms with Crippen LogP contribution in [0.2, 0.25) is 0 Å². The van der Waals surface area contributed by atoms with Gasteiger partial charge in [-0.3, -0.25) is 14.4 Å². The van der Waals surface area contributed by atoms with Gasteiger partial charge >= 0.3 is 0 Å². The van der Waals surface area contributed by atoms with Crippen molar-refractivity contribution in [2.24, 2.45) is 0 Å². The molecular formula is C18H23N3O4. The van der Waals surface area contributed by atoms with Gasteiger partial charge in [-0.15, -0.1) is 0 Å². The second-order valence-corrected chi connectivity index (χ2v) is 6.48. The number of benzene rings is 1. The summed E-state index contributed by atoms with van der Waals surface area (Å²) < 4.78 is 6.22. The summed E-state index contributed by atoms with van der Waals surface area (Å²) in [6.45, 7) is 3.22. The quantitative estimate of drug-likeness (QED) is 0.844. The Morgan fingerprint density at radius 1 is 1.32 bits per heavy atom. The highest BCUT2D eigenvalue weighted by Crippen LogP contribution is 2.33. The largest absolute Gasteiger partial charge is 0.485 e. The Hall–Kier alpha value is -2.57. The van der Waals surface area contributed by atoms with E-state index in [2.05, 4.69) is 10.6 Å². The molecule has 1 atom stereocenters. The van der Waals surface area contributed by atoms with Gasteiger partial charge < -0.3 is 20.3 Å². The molecule has 1 spiro atoms. The molecule has 7 heteroatoms. The molecule has 2 aliphatic heterocycles. The molecule has 0 bridgehead atoms. The van der Waals surface area contributed by atoms with E-state index < -0.39 is 5.60 Å². The van der Waals surface area contributed by atoms with Crippen LogP contribution in [0.15, 0.2) is 24.3 Å². The molecule has 0 aromatic heterocycles. The summed E-state index contributed by atoms with van der Waals surface area (Å²) in [6.07, 6.45) is 1.36. The van der Waals surface area contributed by atoms with E-state index in [0.29, 0.717) is 43.8 Å². The maximum Gasteiger partial charge on any atom is 0.255 e. The Kier molecular flexibility index (Phi) is 4.92. The van der Waals surface area contributed by atoms with Crippen molar-refractivity contribution in [1.82, 2.24) is 15.5 Å². The number of amides is 3. The van der Waals surface area contributed by atoms with Crippen LogP contribution in [0.3, 0.4) is 0 Å². The van der Waals surface area contributed by atoms with Gasteiger partial charge in [0.05, 0.1) is 18.7 Å². The van der Waals surface area contributed by atoms with Gasteiger partial charge in [0.25, 0.3) is 5.91 Å². The second-order valence-electron chi connectivity index (χ2n) is 6.48. The highest BCUT2D eigenvalue weighted by molar-refractivity contribution is 5.97. The summed E-state index contributed by atoms with van der Waals surface area (Å²) in [7, 11) is 0. The van der Waals surface area contributed by atoms with Crippen molar-refractivity contribution in [3.05, 3.63) is 29.8 Å². The molecule has 1 unspecified atom stereocenters. The van der Waals surface area contributed by atoms with Gasteiger partial charge in [0.1, 0.15) is 11.4 Å². The number of carbonyl (C=O) groups excluding carboxylic acids is 3. The number of nitrogens with one attached hydrogen (secondary N) is 2. The lowest BCUT2D eigenvalue weighted by Gasteiger charge is -2.32. The molecule has 2 N–H and O–H groups in total. The lowest BCUT2D eigenvalue weighted by Crippen LogP contribution is -2.46. The Bertz CT molecular complexity index is 691. The SMILES string of the molecule is CCNC(=O)CN1CCC2(CCC1=O)CNC(=O)c1ccccc1O2. The zero-order valence-corrected chi connectivity index (χ0v) is 14.3. The minimum absolute atomic E-state index is 0.0596. The minimum Gasteiger partial charge on any atom is -0.485 e. The average Bonchev–Trinajstić information content (AvgIpc) is 2.84. The van der Waals surface area contributed by atoms with Crippen LogP contribution in [-0.4, -0.2) is 54.4 Å². The standard InChI is InChI=1S/C18H23N3O4/c1-2-19-15(22)11-21-10-9-18(8-7-16(21)23)12-20-17(24)13-5-3-4-6-14(13)25-18/h3-6H,2,7-12H2,1H3,(H,19,22)(H,20,24). The topological polar surface area (TPSA) is 87.7 Å². The number of ether oxygens (including phenoxy) is 1. The van der Waals surface area contributed by atoms with E-state index >= 15 is 0 Å². The first kappa shape index (κ1) is 17.3. The first-order valence-corrected chi connectivity index (χ1v) is 8.64. The fraction of sp³-hybridized carbons (Fsp3) is 0.500. The number of para-hydroxylation sites is 1. The second kappa shape index (κ2) is 7.13. The lowest BCUT2D eigenvalue weighted by atomic mass is 9.94. The molecule has 2 heterocycles. The third-order valence-electron chi connectivity index (χ3n) is 4.72. The van der Waals surface area contributed by atoms with Gasteiger partial charge in [0.15, 0.2) is 0 Å². The van der Waals surface area contributed by atoms with E-state index in [1.807, 2.05) is 13.0 Å². The fourth-order valence-electron chi connectivity index (χ4n) is 3.30. The van der Waals surface area contributed by atoms with E-state index in [1.54, 1.807) is 23.1 Å². The van der Waals surface area contributed by atoms with Crippen LogP contribution in [0.25, 0.3) is 0 Å². The van der Waals surface area contributed by atoms with Crippen LogP contribution < -0.4 is 15.4 Å². The van der Waals surface area contributed by atoms with Crippen LogP contribution in [0.1, 0.15) is 36.5 Å². The average molecular weight is 345 g/mol. The molecule has 134 valence electrons. The zero-order chi connectivity index (χ0) is 17.9. The number of nitrogens with zero attached hydrogens (tertiary/aromatic N) is 1. The van der Waals surface area contributed by atoms with Crippen molar-refractivity contribution in [2.45, 2.75) is 31.8 Å². The molecule has 1 fully saturated rings. The summed E-state index contributed by atoms with van der Waals surface area (Å²) in [6, 6.07) is 7.13. The molecule has 0 radical (unpaired) electrons. The third-order valence-corrected chi connectivity index (χ3v) is 4.72. The molecule has 2 aliphatic rings.